The number of rotatable bonds is 7. The van der Waals surface area contributed by atoms with Gasteiger partial charge in [0.2, 0.25) is 0 Å². The molecule has 1 amide bonds. The van der Waals surface area contributed by atoms with Crippen molar-refractivity contribution in [2.45, 2.75) is 46.8 Å². The number of guanidine groups is 1. The maximum absolute atomic E-state index is 11.6. The SMILES string of the molecule is CCNC(=NCc1ccc(C)cc1OC)NCCNC(=O)OC(C)(C)C.I. The van der Waals surface area contributed by atoms with E-state index in [2.05, 4.69) is 20.9 Å². The molecule has 0 spiro atoms. The van der Waals surface area contributed by atoms with Gasteiger partial charge in [-0.2, -0.15) is 0 Å². The quantitative estimate of drug-likeness (QED) is 0.236. The van der Waals surface area contributed by atoms with Crippen molar-refractivity contribution in [1.82, 2.24) is 16.0 Å². The van der Waals surface area contributed by atoms with E-state index in [1.807, 2.05) is 52.8 Å². The highest BCUT2D eigenvalue weighted by Gasteiger charge is 2.15. The Hall–Kier alpha value is -1.71. The Morgan fingerprint density at radius 1 is 1.15 bits per heavy atom. The summed E-state index contributed by atoms with van der Waals surface area (Å²) in [5, 5.41) is 9.08. The van der Waals surface area contributed by atoms with Crippen LogP contribution in [0.15, 0.2) is 23.2 Å². The first kappa shape index (κ1) is 25.3. The molecular weight excluding hydrogens is 459 g/mol. The van der Waals surface area contributed by atoms with Crippen LogP contribution in [0.5, 0.6) is 5.75 Å². The van der Waals surface area contributed by atoms with Crippen molar-refractivity contribution in [3.8, 4) is 5.75 Å². The average molecular weight is 492 g/mol. The number of carbonyl (C=O) groups is 1. The summed E-state index contributed by atoms with van der Waals surface area (Å²) in [6.45, 7) is 11.7. The van der Waals surface area contributed by atoms with E-state index < -0.39 is 11.7 Å². The third kappa shape index (κ3) is 10.9. The Labute approximate surface area is 179 Å². The molecule has 1 aromatic carbocycles. The summed E-state index contributed by atoms with van der Waals surface area (Å²) in [4.78, 5) is 16.2. The Bertz CT molecular complexity index is 615. The molecule has 0 aliphatic carbocycles. The van der Waals surface area contributed by atoms with E-state index in [1.165, 1.54) is 0 Å². The number of ether oxygens (including phenoxy) is 2. The van der Waals surface area contributed by atoms with Crippen molar-refractivity contribution in [1.29, 1.82) is 0 Å². The highest BCUT2D eigenvalue weighted by Crippen LogP contribution is 2.20. The number of halogens is 1. The topological polar surface area (TPSA) is 84.0 Å². The molecule has 0 fully saturated rings. The number of nitrogens with one attached hydrogen (secondary N) is 3. The van der Waals surface area contributed by atoms with Gasteiger partial charge >= 0.3 is 6.09 Å². The molecule has 7 nitrogen and oxygen atoms in total. The Morgan fingerprint density at radius 3 is 2.41 bits per heavy atom. The smallest absolute Gasteiger partial charge is 0.407 e. The molecule has 0 saturated carbocycles. The largest absolute Gasteiger partial charge is 0.496 e. The van der Waals surface area contributed by atoms with Crippen molar-refractivity contribution in [3.63, 3.8) is 0 Å². The molecule has 1 aromatic rings. The molecule has 27 heavy (non-hydrogen) atoms. The first-order valence-corrected chi connectivity index (χ1v) is 8.87. The van der Waals surface area contributed by atoms with Crippen molar-refractivity contribution in [2.24, 2.45) is 4.99 Å². The van der Waals surface area contributed by atoms with Crippen molar-refractivity contribution in [3.05, 3.63) is 29.3 Å². The minimum atomic E-state index is -0.499. The van der Waals surface area contributed by atoms with Gasteiger partial charge in [0.25, 0.3) is 0 Å². The second-order valence-corrected chi connectivity index (χ2v) is 6.87. The van der Waals surface area contributed by atoms with Gasteiger partial charge in [0, 0.05) is 25.2 Å². The molecule has 1 rings (SSSR count). The van der Waals surface area contributed by atoms with Crippen LogP contribution in [0.3, 0.4) is 0 Å². The van der Waals surface area contributed by atoms with Gasteiger partial charge in [0.1, 0.15) is 11.4 Å². The average Bonchev–Trinajstić information content (AvgIpc) is 2.55. The zero-order valence-electron chi connectivity index (χ0n) is 17.1. The van der Waals surface area contributed by atoms with E-state index in [0.29, 0.717) is 25.6 Å². The number of methoxy groups -OCH3 is 1. The van der Waals surface area contributed by atoms with E-state index in [0.717, 1.165) is 23.4 Å². The molecule has 3 N–H and O–H groups in total. The second kappa shape index (κ2) is 12.6. The number of aliphatic imine (C=N–C) groups is 1. The maximum Gasteiger partial charge on any atom is 0.407 e. The van der Waals surface area contributed by atoms with E-state index in [1.54, 1.807) is 7.11 Å². The first-order chi connectivity index (χ1) is 12.2. The van der Waals surface area contributed by atoms with Crippen LogP contribution in [0.25, 0.3) is 0 Å². The Morgan fingerprint density at radius 2 is 1.81 bits per heavy atom. The zero-order valence-corrected chi connectivity index (χ0v) is 19.5. The van der Waals surface area contributed by atoms with E-state index >= 15 is 0 Å². The van der Waals surface area contributed by atoms with Crippen LogP contribution in [-0.2, 0) is 11.3 Å². The molecule has 154 valence electrons. The second-order valence-electron chi connectivity index (χ2n) is 6.87. The van der Waals surface area contributed by atoms with Crippen LogP contribution in [0.2, 0.25) is 0 Å². The summed E-state index contributed by atoms with van der Waals surface area (Å²) in [6.07, 6.45) is -0.425. The van der Waals surface area contributed by atoms with Crippen LogP contribution >= 0.6 is 24.0 Å². The third-order valence-corrected chi connectivity index (χ3v) is 3.28. The van der Waals surface area contributed by atoms with Gasteiger partial charge in [-0.1, -0.05) is 12.1 Å². The molecule has 8 heteroatoms. The van der Waals surface area contributed by atoms with Gasteiger partial charge in [-0.25, -0.2) is 9.79 Å². The first-order valence-electron chi connectivity index (χ1n) is 8.87. The predicted molar refractivity (Wildman–Crippen MR) is 120 cm³/mol. The van der Waals surface area contributed by atoms with Gasteiger partial charge in [-0.05, 0) is 46.2 Å². The normalized spacial score (nSPS) is 11.3. The molecule has 0 aliphatic rings. The molecule has 0 atom stereocenters. The minimum absolute atomic E-state index is 0. The number of amides is 1. The number of hydrogen-bond donors (Lipinski definition) is 3. The molecule has 0 bridgehead atoms. The number of aryl methyl sites for hydroxylation is 1. The summed E-state index contributed by atoms with van der Waals surface area (Å²) in [7, 11) is 1.66. The summed E-state index contributed by atoms with van der Waals surface area (Å²) in [5.74, 6) is 1.51. The lowest BCUT2D eigenvalue weighted by molar-refractivity contribution is 0.0529. The standard InChI is InChI=1S/C19H32N4O3.HI/c1-7-20-17(21-10-11-22-18(24)26-19(3,4)5)23-13-15-9-8-14(2)12-16(15)25-6;/h8-9,12H,7,10-11,13H2,1-6H3,(H,22,24)(H2,20,21,23);1H. The van der Waals surface area contributed by atoms with Crippen molar-refractivity contribution >= 4 is 36.0 Å². The lowest BCUT2D eigenvalue weighted by Gasteiger charge is -2.20. The van der Waals surface area contributed by atoms with Gasteiger partial charge < -0.3 is 25.4 Å². The summed E-state index contributed by atoms with van der Waals surface area (Å²) in [5.41, 5.74) is 1.66. The molecule has 0 aliphatic heterocycles. The van der Waals surface area contributed by atoms with Gasteiger partial charge in [0.15, 0.2) is 5.96 Å². The summed E-state index contributed by atoms with van der Waals surface area (Å²) in [6, 6.07) is 6.06. The number of nitrogens with zero attached hydrogens (tertiary/aromatic N) is 1. The van der Waals surface area contributed by atoms with Crippen LogP contribution in [0.4, 0.5) is 4.79 Å². The number of carbonyl (C=O) groups excluding carboxylic acids is 1. The van der Waals surface area contributed by atoms with E-state index in [4.69, 9.17) is 9.47 Å². The highest BCUT2D eigenvalue weighted by molar-refractivity contribution is 14.0. The predicted octanol–water partition coefficient (Wildman–Crippen LogP) is 3.20. The molecule has 0 saturated heterocycles. The summed E-state index contributed by atoms with van der Waals surface area (Å²) < 4.78 is 10.6. The number of alkyl carbamates (subject to hydrolysis) is 1. The maximum atomic E-state index is 11.6. The Kier molecular flexibility index (Phi) is 11.8. The van der Waals surface area contributed by atoms with Crippen molar-refractivity contribution in [2.75, 3.05) is 26.7 Å². The molecule has 0 aromatic heterocycles. The van der Waals surface area contributed by atoms with E-state index in [-0.39, 0.29) is 24.0 Å². The zero-order chi connectivity index (χ0) is 19.6. The molecule has 0 heterocycles. The molecule has 0 radical (unpaired) electrons. The van der Waals surface area contributed by atoms with E-state index in [9.17, 15) is 4.79 Å². The minimum Gasteiger partial charge on any atom is -0.496 e. The summed E-state index contributed by atoms with van der Waals surface area (Å²) >= 11 is 0. The fourth-order valence-corrected chi connectivity index (χ4v) is 2.15. The van der Waals surface area contributed by atoms with Gasteiger partial charge in [-0.3, -0.25) is 0 Å². The number of benzene rings is 1. The third-order valence-electron chi connectivity index (χ3n) is 3.28. The fraction of sp³-hybridized carbons (Fsp3) is 0.579. The van der Waals surface area contributed by atoms with Gasteiger partial charge in [0.05, 0.1) is 13.7 Å². The fourth-order valence-electron chi connectivity index (χ4n) is 2.15. The number of hydrogen-bond acceptors (Lipinski definition) is 4. The van der Waals surface area contributed by atoms with Crippen molar-refractivity contribution < 1.29 is 14.3 Å². The Balaban J connectivity index is 0.00000676. The molecular formula is C19H33IN4O3. The molecule has 0 unspecified atom stereocenters. The van der Waals surface area contributed by atoms with Gasteiger partial charge in [-0.15, -0.1) is 24.0 Å². The lowest BCUT2D eigenvalue weighted by Crippen LogP contribution is -2.42. The van der Waals surface area contributed by atoms with Crippen LogP contribution < -0.4 is 20.7 Å². The van der Waals surface area contributed by atoms with Crippen LogP contribution in [0.1, 0.15) is 38.8 Å². The lowest BCUT2D eigenvalue weighted by atomic mass is 10.1. The van der Waals surface area contributed by atoms with Crippen LogP contribution in [-0.4, -0.2) is 44.4 Å². The monoisotopic (exact) mass is 492 g/mol. The highest BCUT2D eigenvalue weighted by atomic mass is 127. The van der Waals surface area contributed by atoms with Crippen LogP contribution in [0, 0.1) is 6.92 Å².